The van der Waals surface area contributed by atoms with Crippen LogP contribution >= 0.6 is 0 Å². The highest BCUT2D eigenvalue weighted by Gasteiger charge is 2.28. The number of aromatic nitrogens is 3. The van der Waals surface area contributed by atoms with Crippen molar-refractivity contribution >= 4 is 11.8 Å². The smallest absolute Gasteiger partial charge is 0.255 e. The second-order valence-electron chi connectivity index (χ2n) is 7.10. The fourth-order valence-electron chi connectivity index (χ4n) is 3.48. The lowest BCUT2D eigenvalue weighted by molar-refractivity contribution is -0.120. The molecule has 2 amide bonds. The molecule has 2 N–H and O–H groups in total. The first-order valence-electron chi connectivity index (χ1n) is 9.78. The van der Waals surface area contributed by atoms with Gasteiger partial charge in [0.2, 0.25) is 5.91 Å². The van der Waals surface area contributed by atoms with Crippen LogP contribution in [0, 0.1) is 11.6 Å². The molecule has 3 aromatic rings. The summed E-state index contributed by atoms with van der Waals surface area (Å²) in [5.74, 6) is -2.27. The third-order valence-corrected chi connectivity index (χ3v) is 4.91. The second kappa shape index (κ2) is 8.55. The molecule has 0 radical (unpaired) electrons. The maximum absolute atomic E-state index is 14.2. The van der Waals surface area contributed by atoms with Gasteiger partial charge in [-0.1, -0.05) is 24.3 Å². The van der Waals surface area contributed by atoms with Crippen LogP contribution in [0.15, 0.2) is 36.7 Å². The number of pyridine rings is 1. The number of rotatable bonds is 6. The van der Waals surface area contributed by atoms with Gasteiger partial charge in [-0.05, 0) is 18.1 Å². The Morgan fingerprint density at radius 2 is 1.74 bits per heavy atom. The molecule has 0 saturated heterocycles. The highest BCUT2D eigenvalue weighted by Crippen LogP contribution is 2.27. The number of carbonyl (C=O) groups is 2. The Hall–Kier alpha value is -3.75. The number of likely N-dealkylation sites (N-methyl/N-ethyl adjacent to an activating group) is 1. The van der Waals surface area contributed by atoms with E-state index in [2.05, 4.69) is 25.6 Å². The molecule has 1 aromatic carbocycles. The monoisotopic (exact) mass is 423 g/mol. The van der Waals surface area contributed by atoms with E-state index in [1.807, 2.05) is 31.2 Å². The van der Waals surface area contributed by atoms with Gasteiger partial charge in [-0.2, -0.15) is 0 Å². The fourth-order valence-corrected chi connectivity index (χ4v) is 3.48. The Labute approximate surface area is 177 Å². The second-order valence-corrected chi connectivity index (χ2v) is 7.10. The molecule has 9 heteroatoms. The van der Waals surface area contributed by atoms with Crippen molar-refractivity contribution in [2.24, 2.45) is 0 Å². The van der Waals surface area contributed by atoms with E-state index in [0.717, 1.165) is 23.5 Å². The normalized spacial score (nSPS) is 12.4. The summed E-state index contributed by atoms with van der Waals surface area (Å²) in [4.78, 5) is 36.1. The molecule has 7 nitrogen and oxygen atoms in total. The van der Waals surface area contributed by atoms with Crippen LogP contribution in [0.2, 0.25) is 0 Å². The minimum atomic E-state index is -0.877. The number of fused-ring (bicyclic) bond motifs is 1. The van der Waals surface area contributed by atoms with Crippen LogP contribution in [-0.2, 0) is 24.2 Å². The van der Waals surface area contributed by atoms with Crippen LogP contribution in [0.5, 0.6) is 0 Å². The van der Waals surface area contributed by atoms with Gasteiger partial charge in [-0.25, -0.2) is 18.7 Å². The third-order valence-electron chi connectivity index (χ3n) is 4.91. The summed E-state index contributed by atoms with van der Waals surface area (Å²) < 4.78 is 28.5. The SMILES string of the molecule is CCNC(=O)Cc1ccc(Cc2nc(-c3c(F)cncc3F)nc3c2C(=O)NC3)cc1. The van der Waals surface area contributed by atoms with Crippen LogP contribution in [-0.4, -0.2) is 33.3 Å². The zero-order valence-electron chi connectivity index (χ0n) is 16.7. The summed E-state index contributed by atoms with van der Waals surface area (Å²) in [6, 6.07) is 7.33. The molecule has 0 atom stereocenters. The number of amides is 2. The van der Waals surface area contributed by atoms with E-state index in [4.69, 9.17) is 0 Å². The number of carbonyl (C=O) groups excluding carboxylic acids is 2. The van der Waals surface area contributed by atoms with E-state index in [1.165, 1.54) is 0 Å². The van der Waals surface area contributed by atoms with Crippen molar-refractivity contribution in [1.82, 2.24) is 25.6 Å². The number of hydrogen-bond donors (Lipinski definition) is 2. The van der Waals surface area contributed by atoms with E-state index in [1.54, 1.807) is 0 Å². The minimum Gasteiger partial charge on any atom is -0.356 e. The molecule has 0 fully saturated rings. The average Bonchev–Trinajstić information content (AvgIpc) is 3.11. The van der Waals surface area contributed by atoms with Crippen molar-refractivity contribution in [2.75, 3.05) is 6.54 Å². The van der Waals surface area contributed by atoms with Gasteiger partial charge >= 0.3 is 0 Å². The van der Waals surface area contributed by atoms with Crippen molar-refractivity contribution in [3.63, 3.8) is 0 Å². The Bertz CT molecular complexity index is 1150. The molecule has 4 rings (SSSR count). The van der Waals surface area contributed by atoms with Crippen LogP contribution in [0.1, 0.15) is 39.8 Å². The summed E-state index contributed by atoms with van der Waals surface area (Å²) >= 11 is 0. The highest BCUT2D eigenvalue weighted by molar-refractivity contribution is 5.99. The molecule has 0 saturated carbocycles. The van der Waals surface area contributed by atoms with Crippen molar-refractivity contribution in [3.05, 3.63) is 76.4 Å². The molecular formula is C22H19F2N5O2. The predicted octanol–water partition coefficient (Wildman–Crippen LogP) is 2.33. The average molecular weight is 423 g/mol. The largest absolute Gasteiger partial charge is 0.356 e. The van der Waals surface area contributed by atoms with Crippen LogP contribution in [0.4, 0.5) is 8.78 Å². The quantitative estimate of drug-likeness (QED) is 0.634. The number of hydrogen-bond acceptors (Lipinski definition) is 5. The summed E-state index contributed by atoms with van der Waals surface area (Å²) in [5, 5.41) is 5.42. The lowest BCUT2D eigenvalue weighted by Gasteiger charge is -2.10. The number of nitrogens with one attached hydrogen (secondary N) is 2. The standard InChI is InChI=1S/C22H19F2N5O2/c1-2-26-18(30)8-13-5-3-12(4-6-13)7-16-20-17(11-27-22(20)31)29-21(28-16)19-14(23)9-25-10-15(19)24/h3-6,9-10H,2,7-8,11H2,1H3,(H,26,30)(H,27,31). The van der Waals surface area contributed by atoms with Crippen molar-refractivity contribution in [3.8, 4) is 11.4 Å². The van der Waals surface area contributed by atoms with E-state index < -0.39 is 11.6 Å². The first-order valence-corrected chi connectivity index (χ1v) is 9.78. The number of benzene rings is 1. The summed E-state index contributed by atoms with van der Waals surface area (Å²) in [6.45, 7) is 2.59. The molecule has 2 aromatic heterocycles. The van der Waals surface area contributed by atoms with Gasteiger partial charge in [0.05, 0.1) is 47.9 Å². The molecule has 3 heterocycles. The summed E-state index contributed by atoms with van der Waals surface area (Å²) in [5.41, 5.74) is 2.40. The Morgan fingerprint density at radius 1 is 1.06 bits per heavy atom. The number of nitrogens with zero attached hydrogens (tertiary/aromatic N) is 3. The van der Waals surface area contributed by atoms with E-state index in [9.17, 15) is 18.4 Å². The fraction of sp³-hybridized carbons (Fsp3) is 0.227. The van der Waals surface area contributed by atoms with Gasteiger partial charge in [0, 0.05) is 13.0 Å². The zero-order chi connectivity index (χ0) is 22.0. The van der Waals surface area contributed by atoms with Crippen molar-refractivity contribution < 1.29 is 18.4 Å². The lowest BCUT2D eigenvalue weighted by Crippen LogP contribution is -2.24. The van der Waals surface area contributed by atoms with Crippen LogP contribution in [0.25, 0.3) is 11.4 Å². The first-order chi connectivity index (χ1) is 15.0. The van der Waals surface area contributed by atoms with Crippen LogP contribution < -0.4 is 10.6 Å². The molecule has 1 aliphatic rings. The topological polar surface area (TPSA) is 96.9 Å². The molecular weight excluding hydrogens is 404 g/mol. The lowest BCUT2D eigenvalue weighted by atomic mass is 10.0. The van der Waals surface area contributed by atoms with Crippen LogP contribution in [0.3, 0.4) is 0 Å². The van der Waals surface area contributed by atoms with Gasteiger partial charge < -0.3 is 10.6 Å². The van der Waals surface area contributed by atoms with Gasteiger partial charge in [0.25, 0.3) is 5.91 Å². The van der Waals surface area contributed by atoms with E-state index in [0.29, 0.717) is 23.5 Å². The molecule has 0 bridgehead atoms. The minimum absolute atomic E-state index is 0.0633. The molecule has 158 valence electrons. The molecule has 0 aliphatic carbocycles. The summed E-state index contributed by atoms with van der Waals surface area (Å²) in [7, 11) is 0. The van der Waals surface area contributed by atoms with Gasteiger partial charge in [-0.15, -0.1) is 0 Å². The Balaban J connectivity index is 1.67. The molecule has 0 unspecified atom stereocenters. The highest BCUT2D eigenvalue weighted by atomic mass is 19.1. The zero-order valence-corrected chi connectivity index (χ0v) is 16.7. The first kappa shape index (κ1) is 20.5. The maximum atomic E-state index is 14.2. The Morgan fingerprint density at radius 3 is 2.42 bits per heavy atom. The molecule has 0 spiro atoms. The third kappa shape index (κ3) is 4.25. The van der Waals surface area contributed by atoms with Gasteiger partial charge in [-0.3, -0.25) is 14.6 Å². The number of halogens is 2. The van der Waals surface area contributed by atoms with E-state index >= 15 is 0 Å². The maximum Gasteiger partial charge on any atom is 0.255 e. The molecule has 31 heavy (non-hydrogen) atoms. The van der Waals surface area contributed by atoms with Crippen molar-refractivity contribution in [1.29, 1.82) is 0 Å². The predicted molar refractivity (Wildman–Crippen MR) is 108 cm³/mol. The summed E-state index contributed by atoms with van der Waals surface area (Å²) in [6.07, 6.45) is 2.32. The van der Waals surface area contributed by atoms with E-state index in [-0.39, 0.29) is 42.6 Å². The van der Waals surface area contributed by atoms with Crippen molar-refractivity contribution in [2.45, 2.75) is 26.3 Å². The molecule has 1 aliphatic heterocycles. The van der Waals surface area contributed by atoms with Gasteiger partial charge in [0.1, 0.15) is 0 Å². The van der Waals surface area contributed by atoms with Gasteiger partial charge in [0.15, 0.2) is 17.5 Å². The Kier molecular flexibility index (Phi) is 5.66.